The molecule has 1 saturated carbocycles. The lowest BCUT2D eigenvalue weighted by atomic mass is 10.0. The molecule has 20 heavy (non-hydrogen) atoms. The molecule has 1 aromatic rings. The summed E-state index contributed by atoms with van der Waals surface area (Å²) in [5.74, 6) is 0.416. The second kappa shape index (κ2) is 8.39. The van der Waals surface area contributed by atoms with Crippen molar-refractivity contribution in [3.8, 4) is 0 Å². The molecular weight excluding hydrogens is 296 g/mol. The maximum Gasteiger partial charge on any atom is 0.220 e. The highest BCUT2D eigenvalue weighted by Crippen LogP contribution is 2.24. The Morgan fingerprint density at radius 2 is 2.15 bits per heavy atom. The van der Waals surface area contributed by atoms with E-state index < -0.39 is 0 Å². The van der Waals surface area contributed by atoms with Gasteiger partial charge in [-0.15, -0.1) is 23.7 Å². The van der Waals surface area contributed by atoms with E-state index in [9.17, 15) is 9.59 Å². The Labute approximate surface area is 129 Å². The summed E-state index contributed by atoms with van der Waals surface area (Å²) in [5, 5.41) is 4.89. The van der Waals surface area contributed by atoms with E-state index in [0.717, 1.165) is 24.1 Å². The lowest BCUT2D eigenvalue weighted by Gasteiger charge is -2.19. The van der Waals surface area contributed by atoms with Gasteiger partial charge in [-0.2, -0.15) is 0 Å². The number of hydrogen-bond acceptors (Lipinski definition) is 4. The zero-order chi connectivity index (χ0) is 13.7. The van der Waals surface area contributed by atoms with Crippen molar-refractivity contribution < 1.29 is 9.59 Å². The summed E-state index contributed by atoms with van der Waals surface area (Å²) in [5.41, 5.74) is 5.68. The zero-order valence-corrected chi connectivity index (χ0v) is 13.0. The van der Waals surface area contributed by atoms with E-state index in [1.807, 2.05) is 11.4 Å². The lowest BCUT2D eigenvalue weighted by Crippen LogP contribution is -2.39. The van der Waals surface area contributed by atoms with Crippen LogP contribution in [0.25, 0.3) is 0 Å². The van der Waals surface area contributed by atoms with Crippen LogP contribution in [0, 0.1) is 5.92 Å². The first-order chi connectivity index (χ1) is 9.20. The number of nitrogens with two attached hydrogens (primary N) is 1. The van der Waals surface area contributed by atoms with E-state index in [1.54, 1.807) is 6.07 Å². The highest BCUT2D eigenvalue weighted by atomic mass is 35.5. The molecule has 2 atom stereocenters. The van der Waals surface area contributed by atoms with Crippen molar-refractivity contribution in [2.75, 3.05) is 6.54 Å². The fourth-order valence-electron chi connectivity index (χ4n) is 2.58. The van der Waals surface area contributed by atoms with Crippen molar-refractivity contribution in [2.45, 2.75) is 38.1 Å². The highest BCUT2D eigenvalue weighted by molar-refractivity contribution is 7.12. The Kier molecular flexibility index (Phi) is 7.19. The van der Waals surface area contributed by atoms with Crippen LogP contribution in [0.4, 0.5) is 0 Å². The molecule has 1 amide bonds. The molecule has 6 heteroatoms. The third kappa shape index (κ3) is 4.58. The van der Waals surface area contributed by atoms with Crippen LogP contribution in [0.3, 0.4) is 0 Å². The summed E-state index contributed by atoms with van der Waals surface area (Å²) in [7, 11) is 0. The highest BCUT2D eigenvalue weighted by Gasteiger charge is 2.27. The van der Waals surface area contributed by atoms with Crippen molar-refractivity contribution in [1.82, 2.24) is 5.32 Å². The topological polar surface area (TPSA) is 72.2 Å². The SMILES string of the molecule is Cl.NCC1CCCC1NC(=O)CCC(=O)c1cccs1. The largest absolute Gasteiger partial charge is 0.353 e. The Morgan fingerprint density at radius 3 is 2.80 bits per heavy atom. The second-order valence-corrected chi connectivity index (χ2v) is 5.95. The number of nitrogens with one attached hydrogen (secondary N) is 1. The summed E-state index contributed by atoms with van der Waals surface area (Å²) in [4.78, 5) is 24.3. The van der Waals surface area contributed by atoms with Gasteiger partial charge in [0.05, 0.1) is 4.88 Å². The van der Waals surface area contributed by atoms with Crippen molar-refractivity contribution >= 4 is 35.4 Å². The van der Waals surface area contributed by atoms with Gasteiger partial charge >= 0.3 is 0 Å². The molecule has 4 nitrogen and oxygen atoms in total. The number of Topliss-reactive ketones (excluding diaryl/α,β-unsaturated/α-hetero) is 1. The molecule has 2 unspecified atom stereocenters. The monoisotopic (exact) mass is 316 g/mol. The first kappa shape index (κ1) is 17.1. The van der Waals surface area contributed by atoms with Crippen molar-refractivity contribution in [3.05, 3.63) is 22.4 Å². The Balaban J connectivity index is 0.00000200. The average molecular weight is 317 g/mol. The third-order valence-electron chi connectivity index (χ3n) is 3.68. The van der Waals surface area contributed by atoms with E-state index >= 15 is 0 Å². The summed E-state index contributed by atoms with van der Waals surface area (Å²) in [6.45, 7) is 0.624. The first-order valence-corrected chi connectivity index (χ1v) is 7.65. The number of ketones is 1. The van der Waals surface area contributed by atoms with Gasteiger partial charge in [0.2, 0.25) is 5.91 Å². The lowest BCUT2D eigenvalue weighted by molar-refractivity contribution is -0.122. The molecule has 112 valence electrons. The fraction of sp³-hybridized carbons (Fsp3) is 0.571. The molecule has 0 spiro atoms. The van der Waals surface area contributed by atoms with Crippen LogP contribution >= 0.6 is 23.7 Å². The Bertz CT molecular complexity index is 436. The fourth-order valence-corrected chi connectivity index (χ4v) is 3.27. The Morgan fingerprint density at radius 1 is 1.35 bits per heavy atom. The van der Waals surface area contributed by atoms with Crippen LogP contribution < -0.4 is 11.1 Å². The molecule has 0 saturated heterocycles. The molecule has 0 aliphatic heterocycles. The predicted molar refractivity (Wildman–Crippen MR) is 83.5 cm³/mol. The van der Waals surface area contributed by atoms with Crippen LogP contribution in [-0.2, 0) is 4.79 Å². The van der Waals surface area contributed by atoms with Gasteiger partial charge in [0, 0.05) is 18.9 Å². The number of carbonyl (C=O) groups is 2. The Hall–Kier alpha value is -0.910. The molecular formula is C14H21ClN2O2S. The minimum Gasteiger partial charge on any atom is -0.353 e. The molecule has 1 heterocycles. The quantitative estimate of drug-likeness (QED) is 0.791. The molecule has 1 fully saturated rings. The minimum absolute atomic E-state index is 0. The minimum atomic E-state index is -0.0322. The smallest absolute Gasteiger partial charge is 0.220 e. The van der Waals surface area contributed by atoms with Gasteiger partial charge in [-0.1, -0.05) is 12.5 Å². The first-order valence-electron chi connectivity index (χ1n) is 6.77. The van der Waals surface area contributed by atoms with Crippen LogP contribution in [0.1, 0.15) is 41.8 Å². The van der Waals surface area contributed by atoms with E-state index in [0.29, 0.717) is 12.5 Å². The van der Waals surface area contributed by atoms with Gasteiger partial charge in [-0.25, -0.2) is 0 Å². The molecule has 2 rings (SSSR count). The molecule has 1 aliphatic rings. The van der Waals surface area contributed by atoms with Gasteiger partial charge in [0.25, 0.3) is 0 Å². The number of thiophene rings is 1. The molecule has 0 aromatic carbocycles. The van der Waals surface area contributed by atoms with Gasteiger partial charge in [-0.3, -0.25) is 9.59 Å². The van der Waals surface area contributed by atoms with E-state index in [-0.39, 0.29) is 43.0 Å². The number of hydrogen-bond donors (Lipinski definition) is 2. The average Bonchev–Trinajstić information content (AvgIpc) is 3.06. The summed E-state index contributed by atoms with van der Waals surface area (Å²) in [6, 6.07) is 3.85. The normalized spacial score (nSPS) is 21.2. The molecule has 0 bridgehead atoms. The summed E-state index contributed by atoms with van der Waals surface area (Å²) in [6.07, 6.45) is 3.78. The van der Waals surface area contributed by atoms with Gasteiger partial charge < -0.3 is 11.1 Å². The standard InChI is InChI=1S/C14H20N2O2S.ClH/c15-9-10-3-1-4-11(10)16-14(18)7-6-12(17)13-5-2-8-19-13;/h2,5,8,10-11H,1,3-4,6-7,9,15H2,(H,16,18);1H. The van der Waals surface area contributed by atoms with Crippen LogP contribution in [0.15, 0.2) is 17.5 Å². The summed E-state index contributed by atoms with van der Waals surface area (Å²) < 4.78 is 0. The molecule has 1 aromatic heterocycles. The number of carbonyl (C=O) groups excluding carboxylic acids is 2. The number of halogens is 1. The summed E-state index contributed by atoms with van der Waals surface area (Å²) >= 11 is 1.42. The van der Waals surface area contributed by atoms with Gasteiger partial charge in [0.15, 0.2) is 5.78 Å². The zero-order valence-electron chi connectivity index (χ0n) is 11.3. The van der Waals surface area contributed by atoms with Crippen LogP contribution in [0.2, 0.25) is 0 Å². The van der Waals surface area contributed by atoms with E-state index in [2.05, 4.69) is 5.32 Å². The molecule has 3 N–H and O–H groups in total. The number of amides is 1. The van der Waals surface area contributed by atoms with E-state index in [1.165, 1.54) is 11.3 Å². The molecule has 1 aliphatic carbocycles. The van der Waals surface area contributed by atoms with Gasteiger partial charge in [-0.05, 0) is 36.8 Å². The maximum atomic E-state index is 11.8. The second-order valence-electron chi connectivity index (χ2n) is 5.00. The van der Waals surface area contributed by atoms with E-state index in [4.69, 9.17) is 5.73 Å². The number of rotatable bonds is 6. The molecule has 0 radical (unpaired) electrons. The van der Waals surface area contributed by atoms with Crippen LogP contribution in [0.5, 0.6) is 0 Å². The maximum absolute atomic E-state index is 11.8. The third-order valence-corrected chi connectivity index (χ3v) is 4.59. The van der Waals surface area contributed by atoms with Crippen molar-refractivity contribution in [3.63, 3.8) is 0 Å². The predicted octanol–water partition coefficient (Wildman–Crippen LogP) is 2.38. The van der Waals surface area contributed by atoms with Gasteiger partial charge in [0.1, 0.15) is 0 Å². The van der Waals surface area contributed by atoms with Crippen LogP contribution in [-0.4, -0.2) is 24.3 Å². The van der Waals surface area contributed by atoms with Crippen molar-refractivity contribution in [2.24, 2.45) is 11.7 Å². The van der Waals surface area contributed by atoms with Crippen molar-refractivity contribution in [1.29, 1.82) is 0 Å².